The lowest BCUT2D eigenvalue weighted by Gasteiger charge is -2.08. The van der Waals surface area contributed by atoms with Crippen molar-refractivity contribution in [3.8, 4) is 0 Å². The molecule has 7 nitrogen and oxygen atoms in total. The van der Waals surface area contributed by atoms with Crippen LogP contribution in [0, 0.1) is 6.92 Å². The van der Waals surface area contributed by atoms with Gasteiger partial charge in [0.05, 0.1) is 24.6 Å². The number of esters is 2. The van der Waals surface area contributed by atoms with Crippen LogP contribution >= 0.6 is 0 Å². The Morgan fingerprint density at radius 2 is 1.91 bits per heavy atom. The third-order valence-electron chi connectivity index (χ3n) is 2.97. The number of pyridine rings is 1. The van der Waals surface area contributed by atoms with Gasteiger partial charge >= 0.3 is 11.9 Å². The van der Waals surface area contributed by atoms with Gasteiger partial charge in [0.1, 0.15) is 0 Å². The SMILES string of the molecule is CCOC(=O)C(=CNc1cccn2cc(C)nc12)C(=O)OCC. The standard InChI is InChI=1S/C16H19N3O4/c1-4-22-15(20)12(16(21)23-5-2)9-17-13-7-6-8-19-10-11(3)18-14(13)19/h6-10,17H,4-5H2,1-3H3. The van der Waals surface area contributed by atoms with Gasteiger partial charge in [0, 0.05) is 18.6 Å². The molecule has 7 heteroatoms. The van der Waals surface area contributed by atoms with Crippen LogP contribution in [0.25, 0.3) is 5.65 Å². The molecule has 2 heterocycles. The van der Waals surface area contributed by atoms with Crippen LogP contribution in [0.2, 0.25) is 0 Å². The van der Waals surface area contributed by atoms with Crippen LogP contribution in [0.4, 0.5) is 5.69 Å². The third-order valence-corrected chi connectivity index (χ3v) is 2.97. The van der Waals surface area contributed by atoms with E-state index in [9.17, 15) is 9.59 Å². The van der Waals surface area contributed by atoms with Gasteiger partial charge in [0.2, 0.25) is 0 Å². The van der Waals surface area contributed by atoms with Crippen molar-refractivity contribution in [1.29, 1.82) is 0 Å². The number of anilines is 1. The van der Waals surface area contributed by atoms with Gasteiger partial charge in [-0.15, -0.1) is 0 Å². The monoisotopic (exact) mass is 317 g/mol. The second kappa shape index (κ2) is 7.44. The van der Waals surface area contributed by atoms with Crippen molar-refractivity contribution >= 4 is 23.3 Å². The van der Waals surface area contributed by atoms with Gasteiger partial charge in [-0.3, -0.25) is 0 Å². The van der Waals surface area contributed by atoms with E-state index >= 15 is 0 Å². The maximum absolute atomic E-state index is 11.9. The summed E-state index contributed by atoms with van der Waals surface area (Å²) in [6.45, 7) is 5.56. The number of nitrogens with zero attached hydrogens (tertiary/aromatic N) is 2. The average molecular weight is 317 g/mol. The number of imidazole rings is 1. The van der Waals surface area contributed by atoms with E-state index in [1.165, 1.54) is 6.20 Å². The lowest BCUT2D eigenvalue weighted by Crippen LogP contribution is -2.19. The fraction of sp³-hybridized carbons (Fsp3) is 0.312. The van der Waals surface area contributed by atoms with Crippen LogP contribution in [-0.2, 0) is 19.1 Å². The second-order valence-corrected chi connectivity index (χ2v) is 4.68. The van der Waals surface area contributed by atoms with Crippen LogP contribution in [-0.4, -0.2) is 34.5 Å². The molecule has 0 aliphatic carbocycles. The molecular weight excluding hydrogens is 298 g/mol. The number of aromatic nitrogens is 2. The molecule has 2 aromatic rings. The number of carbonyl (C=O) groups is 2. The van der Waals surface area contributed by atoms with E-state index in [4.69, 9.17) is 9.47 Å². The van der Waals surface area contributed by atoms with Crippen molar-refractivity contribution in [2.24, 2.45) is 0 Å². The highest BCUT2D eigenvalue weighted by Crippen LogP contribution is 2.17. The minimum absolute atomic E-state index is 0.171. The van der Waals surface area contributed by atoms with Gasteiger partial charge in [0.25, 0.3) is 0 Å². The number of hydrogen-bond donors (Lipinski definition) is 1. The van der Waals surface area contributed by atoms with Gasteiger partial charge in [-0.25, -0.2) is 14.6 Å². The van der Waals surface area contributed by atoms with E-state index in [2.05, 4.69) is 10.3 Å². The summed E-state index contributed by atoms with van der Waals surface area (Å²) in [5, 5.41) is 2.93. The summed E-state index contributed by atoms with van der Waals surface area (Å²) in [7, 11) is 0. The molecule has 0 aromatic carbocycles. The van der Waals surface area contributed by atoms with E-state index in [0.717, 1.165) is 5.69 Å². The highest BCUT2D eigenvalue weighted by atomic mass is 16.6. The Bertz CT molecular complexity index is 729. The Balaban J connectivity index is 2.31. The molecule has 0 radical (unpaired) electrons. The summed E-state index contributed by atoms with van der Waals surface area (Å²) in [4.78, 5) is 28.2. The van der Waals surface area contributed by atoms with E-state index in [-0.39, 0.29) is 18.8 Å². The summed E-state index contributed by atoms with van der Waals surface area (Å²) >= 11 is 0. The van der Waals surface area contributed by atoms with Crippen molar-refractivity contribution in [3.05, 3.63) is 42.0 Å². The van der Waals surface area contributed by atoms with Crippen LogP contribution in [0.3, 0.4) is 0 Å². The van der Waals surface area contributed by atoms with Crippen LogP contribution < -0.4 is 5.32 Å². The van der Waals surface area contributed by atoms with Crippen molar-refractivity contribution in [2.45, 2.75) is 20.8 Å². The molecule has 0 aliphatic heterocycles. The maximum Gasteiger partial charge on any atom is 0.347 e. The number of hydrogen-bond acceptors (Lipinski definition) is 6. The summed E-state index contributed by atoms with van der Waals surface area (Å²) in [5.74, 6) is -1.46. The number of ether oxygens (including phenoxy) is 2. The summed E-state index contributed by atoms with van der Waals surface area (Å²) < 4.78 is 11.6. The van der Waals surface area contributed by atoms with Gasteiger partial charge in [-0.2, -0.15) is 0 Å². The van der Waals surface area contributed by atoms with Crippen LogP contribution in [0.15, 0.2) is 36.3 Å². The van der Waals surface area contributed by atoms with E-state index in [1.807, 2.05) is 29.8 Å². The molecule has 0 saturated heterocycles. The smallest absolute Gasteiger partial charge is 0.347 e. The number of rotatable bonds is 6. The Morgan fingerprint density at radius 3 is 2.52 bits per heavy atom. The molecule has 23 heavy (non-hydrogen) atoms. The first-order valence-electron chi connectivity index (χ1n) is 7.32. The molecule has 2 aromatic heterocycles. The predicted molar refractivity (Wildman–Crippen MR) is 84.9 cm³/mol. The fourth-order valence-corrected chi connectivity index (χ4v) is 2.02. The highest BCUT2D eigenvalue weighted by molar-refractivity contribution is 6.14. The predicted octanol–water partition coefficient (Wildman–Crippen LogP) is 2.06. The Hall–Kier alpha value is -2.83. The van der Waals surface area contributed by atoms with Crippen molar-refractivity contribution < 1.29 is 19.1 Å². The number of carbonyl (C=O) groups excluding carboxylic acids is 2. The molecule has 1 N–H and O–H groups in total. The summed E-state index contributed by atoms with van der Waals surface area (Å²) in [6.07, 6.45) is 5.03. The number of fused-ring (bicyclic) bond motifs is 1. The molecule has 0 unspecified atom stereocenters. The zero-order valence-corrected chi connectivity index (χ0v) is 13.3. The topological polar surface area (TPSA) is 81.9 Å². The average Bonchev–Trinajstić information content (AvgIpc) is 2.89. The Kier molecular flexibility index (Phi) is 5.35. The minimum atomic E-state index is -0.732. The largest absolute Gasteiger partial charge is 0.462 e. The van der Waals surface area contributed by atoms with Crippen molar-refractivity contribution in [3.63, 3.8) is 0 Å². The fourth-order valence-electron chi connectivity index (χ4n) is 2.02. The lowest BCUT2D eigenvalue weighted by atomic mass is 10.3. The van der Waals surface area contributed by atoms with Gasteiger partial charge < -0.3 is 19.2 Å². The molecular formula is C16H19N3O4. The van der Waals surface area contributed by atoms with Crippen molar-refractivity contribution in [1.82, 2.24) is 9.38 Å². The van der Waals surface area contributed by atoms with E-state index in [1.54, 1.807) is 19.9 Å². The first-order valence-corrected chi connectivity index (χ1v) is 7.32. The maximum atomic E-state index is 11.9. The van der Waals surface area contributed by atoms with Gasteiger partial charge in [-0.05, 0) is 32.9 Å². The van der Waals surface area contributed by atoms with Gasteiger partial charge in [0.15, 0.2) is 11.2 Å². The van der Waals surface area contributed by atoms with Gasteiger partial charge in [-0.1, -0.05) is 0 Å². The van der Waals surface area contributed by atoms with E-state index in [0.29, 0.717) is 11.3 Å². The molecule has 0 saturated carbocycles. The Labute approximate surface area is 133 Å². The summed E-state index contributed by atoms with van der Waals surface area (Å²) in [5.41, 5.74) is 2.01. The zero-order valence-electron chi connectivity index (χ0n) is 13.3. The van der Waals surface area contributed by atoms with E-state index < -0.39 is 11.9 Å². The third kappa shape index (κ3) is 3.88. The van der Waals surface area contributed by atoms with Crippen LogP contribution in [0.1, 0.15) is 19.5 Å². The molecule has 0 spiro atoms. The van der Waals surface area contributed by atoms with Crippen molar-refractivity contribution in [2.75, 3.05) is 18.5 Å². The number of aryl methyl sites for hydroxylation is 1. The second-order valence-electron chi connectivity index (χ2n) is 4.68. The Morgan fingerprint density at radius 1 is 1.26 bits per heavy atom. The highest BCUT2D eigenvalue weighted by Gasteiger charge is 2.21. The minimum Gasteiger partial charge on any atom is -0.462 e. The molecule has 2 rings (SSSR count). The lowest BCUT2D eigenvalue weighted by molar-refractivity contribution is -0.146. The first-order chi connectivity index (χ1) is 11.1. The van der Waals surface area contributed by atoms with Crippen LogP contribution in [0.5, 0.6) is 0 Å². The normalized spacial score (nSPS) is 10.2. The first kappa shape index (κ1) is 16.5. The molecule has 122 valence electrons. The molecule has 0 atom stereocenters. The quantitative estimate of drug-likeness (QED) is 0.380. The molecule has 0 amide bonds. The molecule has 0 fully saturated rings. The summed E-state index contributed by atoms with van der Waals surface area (Å²) in [6, 6.07) is 3.63. The molecule has 0 bridgehead atoms. The number of nitrogens with one attached hydrogen (secondary N) is 1. The zero-order chi connectivity index (χ0) is 16.8. The molecule has 0 aliphatic rings.